The number of ether oxygens (including phenoxy) is 3. The number of nitrogens with zero attached hydrogens (tertiary/aromatic N) is 1. The van der Waals surface area contributed by atoms with E-state index in [2.05, 4.69) is 0 Å². The van der Waals surface area contributed by atoms with E-state index in [0.29, 0.717) is 59.0 Å². The van der Waals surface area contributed by atoms with Gasteiger partial charge in [-0.15, -0.1) is 0 Å². The first kappa shape index (κ1) is 16.0. The fourth-order valence-electron chi connectivity index (χ4n) is 1.63. The molecule has 7 heteroatoms. The Labute approximate surface area is 112 Å². The lowest BCUT2D eigenvalue weighted by Crippen LogP contribution is -2.32. The molecule has 1 aliphatic heterocycles. The summed E-state index contributed by atoms with van der Waals surface area (Å²) in [7, 11) is 0. The number of imide groups is 1. The molecule has 0 radical (unpaired) electrons. The standard InChI is InChI=1S/C12H21NO6/c14-4-6-18-8-10-19-9-7-17-5-3-13-11(15)1-2-12(13)16/h14H,1-10H2. The van der Waals surface area contributed by atoms with Crippen molar-refractivity contribution in [2.24, 2.45) is 0 Å². The first-order valence-corrected chi connectivity index (χ1v) is 6.43. The molecule has 1 saturated heterocycles. The van der Waals surface area contributed by atoms with Gasteiger partial charge in [-0.2, -0.15) is 0 Å². The first-order chi connectivity index (χ1) is 9.25. The predicted octanol–water partition coefficient (Wildman–Crippen LogP) is -0.822. The topological polar surface area (TPSA) is 85.3 Å². The molecule has 1 N–H and O–H groups in total. The quantitative estimate of drug-likeness (QED) is 0.391. The van der Waals surface area contributed by atoms with Gasteiger partial charge in [-0.25, -0.2) is 0 Å². The molecule has 0 aliphatic carbocycles. The molecule has 0 bridgehead atoms. The highest BCUT2D eigenvalue weighted by molar-refractivity contribution is 6.01. The maximum absolute atomic E-state index is 11.3. The average Bonchev–Trinajstić information content (AvgIpc) is 2.72. The van der Waals surface area contributed by atoms with Gasteiger partial charge < -0.3 is 19.3 Å². The Kier molecular flexibility index (Phi) is 8.31. The summed E-state index contributed by atoms with van der Waals surface area (Å²) in [5.41, 5.74) is 0. The van der Waals surface area contributed by atoms with Crippen LogP contribution < -0.4 is 0 Å². The van der Waals surface area contributed by atoms with Crippen molar-refractivity contribution in [3.05, 3.63) is 0 Å². The van der Waals surface area contributed by atoms with Crippen LogP contribution in [0.2, 0.25) is 0 Å². The SMILES string of the molecule is O=C1CCC(=O)N1CCOCCOCCOCCO. The molecule has 0 spiro atoms. The van der Waals surface area contributed by atoms with Crippen LogP contribution in [0.15, 0.2) is 0 Å². The van der Waals surface area contributed by atoms with Crippen molar-refractivity contribution in [1.82, 2.24) is 4.90 Å². The third-order valence-corrected chi connectivity index (χ3v) is 2.59. The van der Waals surface area contributed by atoms with Crippen LogP contribution in [0.1, 0.15) is 12.8 Å². The third kappa shape index (κ3) is 6.63. The van der Waals surface area contributed by atoms with Gasteiger partial charge in [-0.3, -0.25) is 14.5 Å². The number of aliphatic hydroxyl groups is 1. The van der Waals surface area contributed by atoms with Crippen LogP contribution in [-0.2, 0) is 23.8 Å². The zero-order valence-corrected chi connectivity index (χ0v) is 11.0. The molecule has 1 aliphatic rings. The van der Waals surface area contributed by atoms with Gasteiger partial charge in [0.25, 0.3) is 0 Å². The predicted molar refractivity (Wildman–Crippen MR) is 65.5 cm³/mol. The van der Waals surface area contributed by atoms with E-state index in [1.54, 1.807) is 0 Å². The highest BCUT2D eigenvalue weighted by Crippen LogP contribution is 2.10. The molecular weight excluding hydrogens is 254 g/mol. The minimum atomic E-state index is -0.120. The van der Waals surface area contributed by atoms with Crippen molar-refractivity contribution in [3.63, 3.8) is 0 Å². The molecule has 0 unspecified atom stereocenters. The molecule has 0 atom stereocenters. The van der Waals surface area contributed by atoms with Gasteiger partial charge >= 0.3 is 0 Å². The van der Waals surface area contributed by atoms with Gasteiger partial charge in [0, 0.05) is 12.8 Å². The highest BCUT2D eigenvalue weighted by atomic mass is 16.5. The Morgan fingerprint density at radius 2 is 1.32 bits per heavy atom. The minimum Gasteiger partial charge on any atom is -0.394 e. The summed E-state index contributed by atoms with van der Waals surface area (Å²) in [4.78, 5) is 23.8. The fourth-order valence-corrected chi connectivity index (χ4v) is 1.63. The lowest BCUT2D eigenvalue weighted by molar-refractivity contribution is -0.139. The van der Waals surface area contributed by atoms with Crippen molar-refractivity contribution >= 4 is 11.8 Å². The van der Waals surface area contributed by atoms with Crippen LogP contribution in [0.3, 0.4) is 0 Å². The summed E-state index contributed by atoms with van der Waals surface area (Å²) in [5.74, 6) is -0.239. The van der Waals surface area contributed by atoms with E-state index in [1.165, 1.54) is 4.90 Å². The number of hydrogen-bond donors (Lipinski definition) is 1. The lowest BCUT2D eigenvalue weighted by atomic mass is 10.4. The summed E-state index contributed by atoms with van der Waals surface area (Å²) >= 11 is 0. The van der Waals surface area contributed by atoms with E-state index in [1.807, 2.05) is 0 Å². The smallest absolute Gasteiger partial charge is 0.229 e. The van der Waals surface area contributed by atoms with Crippen LogP contribution in [0, 0.1) is 0 Å². The maximum Gasteiger partial charge on any atom is 0.229 e. The summed E-state index contributed by atoms with van der Waals surface area (Å²) in [5, 5.41) is 8.46. The van der Waals surface area contributed by atoms with Crippen LogP contribution in [0.25, 0.3) is 0 Å². The van der Waals surface area contributed by atoms with Gasteiger partial charge in [0.15, 0.2) is 0 Å². The Balaban J connectivity index is 1.86. The van der Waals surface area contributed by atoms with Crippen molar-refractivity contribution in [3.8, 4) is 0 Å². The van der Waals surface area contributed by atoms with Gasteiger partial charge in [-0.1, -0.05) is 0 Å². The molecule has 7 nitrogen and oxygen atoms in total. The summed E-state index contributed by atoms with van der Waals surface area (Å²) in [6, 6.07) is 0. The lowest BCUT2D eigenvalue weighted by Gasteiger charge is -2.13. The molecule has 1 heterocycles. The van der Waals surface area contributed by atoms with E-state index in [-0.39, 0.29) is 18.4 Å². The second-order valence-electron chi connectivity index (χ2n) is 4.00. The second kappa shape index (κ2) is 9.85. The normalized spacial score (nSPS) is 15.5. The molecule has 19 heavy (non-hydrogen) atoms. The second-order valence-corrected chi connectivity index (χ2v) is 4.00. The number of carbonyl (C=O) groups excluding carboxylic acids is 2. The van der Waals surface area contributed by atoms with Crippen LogP contribution in [0.4, 0.5) is 0 Å². The molecule has 1 fully saturated rings. The number of aliphatic hydroxyl groups excluding tert-OH is 1. The van der Waals surface area contributed by atoms with Gasteiger partial charge in [0.2, 0.25) is 11.8 Å². The Bertz CT molecular complexity index is 267. The summed E-state index contributed by atoms with van der Waals surface area (Å²) < 4.78 is 15.5. The molecular formula is C12H21NO6. The number of rotatable bonds is 11. The molecule has 110 valence electrons. The average molecular weight is 275 g/mol. The van der Waals surface area contributed by atoms with E-state index >= 15 is 0 Å². The number of carbonyl (C=O) groups is 2. The number of hydrogen-bond acceptors (Lipinski definition) is 6. The van der Waals surface area contributed by atoms with Gasteiger partial charge in [0.05, 0.1) is 52.8 Å². The van der Waals surface area contributed by atoms with Crippen molar-refractivity contribution in [2.75, 3.05) is 52.8 Å². The van der Waals surface area contributed by atoms with E-state index in [0.717, 1.165) is 0 Å². The van der Waals surface area contributed by atoms with Crippen LogP contribution >= 0.6 is 0 Å². The minimum absolute atomic E-state index is 0.0110. The van der Waals surface area contributed by atoms with E-state index < -0.39 is 0 Å². The summed E-state index contributed by atoms with van der Waals surface area (Å²) in [6.45, 7) is 2.72. The Hall–Kier alpha value is -1.02. The Morgan fingerprint density at radius 3 is 1.84 bits per heavy atom. The molecule has 0 aromatic heterocycles. The third-order valence-electron chi connectivity index (χ3n) is 2.59. The largest absolute Gasteiger partial charge is 0.394 e. The molecule has 2 amide bonds. The molecule has 0 aromatic rings. The van der Waals surface area contributed by atoms with Crippen molar-refractivity contribution in [1.29, 1.82) is 0 Å². The summed E-state index contributed by atoms with van der Waals surface area (Å²) in [6.07, 6.45) is 0.631. The van der Waals surface area contributed by atoms with Gasteiger partial charge in [0.1, 0.15) is 0 Å². The van der Waals surface area contributed by atoms with E-state index in [4.69, 9.17) is 19.3 Å². The highest BCUT2D eigenvalue weighted by Gasteiger charge is 2.27. The zero-order valence-electron chi connectivity index (χ0n) is 11.0. The van der Waals surface area contributed by atoms with Gasteiger partial charge in [-0.05, 0) is 0 Å². The zero-order chi connectivity index (χ0) is 13.9. The molecule has 0 aromatic carbocycles. The number of amides is 2. The Morgan fingerprint density at radius 1 is 0.842 bits per heavy atom. The molecule has 0 saturated carbocycles. The van der Waals surface area contributed by atoms with Crippen molar-refractivity contribution < 1.29 is 28.9 Å². The van der Waals surface area contributed by atoms with Crippen LogP contribution in [0.5, 0.6) is 0 Å². The first-order valence-electron chi connectivity index (χ1n) is 6.43. The molecule has 1 rings (SSSR count). The van der Waals surface area contributed by atoms with E-state index in [9.17, 15) is 9.59 Å². The number of likely N-dealkylation sites (tertiary alicyclic amines) is 1. The van der Waals surface area contributed by atoms with Crippen LogP contribution in [-0.4, -0.2) is 74.6 Å². The monoisotopic (exact) mass is 275 g/mol. The fraction of sp³-hybridized carbons (Fsp3) is 0.833. The van der Waals surface area contributed by atoms with Crippen molar-refractivity contribution in [2.45, 2.75) is 12.8 Å². The maximum atomic E-state index is 11.3.